The van der Waals surface area contributed by atoms with E-state index in [2.05, 4.69) is 34.6 Å². The van der Waals surface area contributed by atoms with Gasteiger partial charge in [0.2, 0.25) is 0 Å². The van der Waals surface area contributed by atoms with Crippen molar-refractivity contribution in [2.75, 3.05) is 0 Å². The van der Waals surface area contributed by atoms with Gasteiger partial charge >= 0.3 is 0 Å². The minimum Gasteiger partial charge on any atom is -0.0628 e. The lowest BCUT2D eigenvalue weighted by Crippen LogP contribution is -2.20. The highest BCUT2D eigenvalue weighted by molar-refractivity contribution is 6.08. The summed E-state index contributed by atoms with van der Waals surface area (Å²) in [4.78, 5) is 0. The maximum atomic E-state index is 2.47. The molecule has 12 heavy (non-hydrogen) atoms. The lowest BCUT2D eigenvalue weighted by molar-refractivity contribution is 0.234. The van der Waals surface area contributed by atoms with Gasteiger partial charge in [0, 0.05) is 10.2 Å². The molecule has 74 valence electrons. The summed E-state index contributed by atoms with van der Waals surface area (Å²) < 4.78 is 0. The van der Waals surface area contributed by atoms with E-state index >= 15 is 0 Å². The molecule has 1 heteroatoms. The van der Waals surface area contributed by atoms with Crippen molar-refractivity contribution in [3.63, 3.8) is 0 Å². The summed E-state index contributed by atoms with van der Waals surface area (Å²) in [6.45, 7) is 11.8. The SMILES string of the molecule is CC(C)CC(C)(C[SiH3])CC(C)C. The summed E-state index contributed by atoms with van der Waals surface area (Å²) >= 11 is 0. The number of hydrogen-bond acceptors (Lipinski definition) is 0. The molecule has 0 bridgehead atoms. The Morgan fingerprint density at radius 1 is 1.00 bits per heavy atom. The van der Waals surface area contributed by atoms with E-state index in [1.165, 1.54) is 29.1 Å². The van der Waals surface area contributed by atoms with E-state index in [1.807, 2.05) is 0 Å². The standard InChI is InChI=1S/C11H26Si/c1-9(2)6-11(5,8-12)7-10(3)4/h9-10H,6-8H2,1-5,12H3. The van der Waals surface area contributed by atoms with Gasteiger partial charge in [-0.25, -0.2) is 0 Å². The molecule has 0 spiro atoms. The summed E-state index contributed by atoms with van der Waals surface area (Å²) in [5.41, 5.74) is 0.647. The molecule has 0 aliphatic rings. The maximum absolute atomic E-state index is 2.47. The van der Waals surface area contributed by atoms with Crippen molar-refractivity contribution in [3.8, 4) is 0 Å². The van der Waals surface area contributed by atoms with Crippen LogP contribution in [0.15, 0.2) is 0 Å². The summed E-state index contributed by atoms with van der Waals surface area (Å²) in [6, 6.07) is 1.46. The van der Waals surface area contributed by atoms with Crippen LogP contribution in [0.3, 0.4) is 0 Å². The van der Waals surface area contributed by atoms with E-state index in [0.29, 0.717) is 5.41 Å². The molecule has 0 saturated carbocycles. The van der Waals surface area contributed by atoms with Crippen LogP contribution in [0.1, 0.15) is 47.5 Å². The average molecular weight is 186 g/mol. The highest BCUT2D eigenvalue weighted by atomic mass is 28.1. The van der Waals surface area contributed by atoms with Crippen molar-refractivity contribution in [3.05, 3.63) is 0 Å². The first-order chi connectivity index (χ1) is 5.39. The fraction of sp³-hybridized carbons (Fsp3) is 1.00. The van der Waals surface area contributed by atoms with Crippen LogP contribution < -0.4 is 0 Å². The normalized spacial score (nSPS) is 13.2. The first-order valence-corrected chi connectivity index (χ1v) is 6.81. The fourth-order valence-electron chi connectivity index (χ4n) is 2.34. The van der Waals surface area contributed by atoms with Crippen LogP contribution >= 0.6 is 0 Å². The van der Waals surface area contributed by atoms with Gasteiger partial charge in [-0.1, -0.05) is 40.7 Å². The highest BCUT2D eigenvalue weighted by Crippen LogP contribution is 2.35. The van der Waals surface area contributed by atoms with Crippen LogP contribution in [0.2, 0.25) is 6.04 Å². The van der Waals surface area contributed by atoms with Crippen molar-refractivity contribution in [2.45, 2.75) is 53.5 Å². The number of rotatable bonds is 5. The monoisotopic (exact) mass is 186 g/mol. The molecule has 0 saturated heterocycles. The zero-order chi connectivity index (χ0) is 9.78. The Hall–Kier alpha value is 0.217. The summed E-state index contributed by atoms with van der Waals surface area (Å²) in [6.07, 6.45) is 2.82. The van der Waals surface area contributed by atoms with Crippen LogP contribution in [0, 0.1) is 17.3 Å². The molecule has 0 N–H and O–H groups in total. The van der Waals surface area contributed by atoms with E-state index in [4.69, 9.17) is 0 Å². The molecule has 0 heterocycles. The van der Waals surface area contributed by atoms with E-state index < -0.39 is 0 Å². The Labute approximate surface area is 81.6 Å². The maximum Gasteiger partial charge on any atom is 0.00348 e. The van der Waals surface area contributed by atoms with Crippen LogP contribution in [-0.2, 0) is 0 Å². The van der Waals surface area contributed by atoms with Gasteiger partial charge in [0.15, 0.2) is 0 Å². The predicted molar refractivity (Wildman–Crippen MR) is 61.8 cm³/mol. The Morgan fingerprint density at radius 3 is 1.50 bits per heavy atom. The van der Waals surface area contributed by atoms with Crippen molar-refractivity contribution < 1.29 is 0 Å². The van der Waals surface area contributed by atoms with Gasteiger partial charge < -0.3 is 0 Å². The quantitative estimate of drug-likeness (QED) is 0.579. The van der Waals surface area contributed by atoms with Gasteiger partial charge in [0.1, 0.15) is 0 Å². The van der Waals surface area contributed by atoms with Crippen molar-refractivity contribution in [1.29, 1.82) is 0 Å². The zero-order valence-corrected chi connectivity index (χ0v) is 11.8. The van der Waals surface area contributed by atoms with Crippen LogP contribution in [0.25, 0.3) is 0 Å². The lowest BCUT2D eigenvalue weighted by Gasteiger charge is -2.32. The molecular weight excluding hydrogens is 160 g/mol. The third kappa shape index (κ3) is 4.97. The average Bonchev–Trinajstić information content (AvgIpc) is 1.83. The van der Waals surface area contributed by atoms with Gasteiger partial charge in [0.25, 0.3) is 0 Å². The minimum absolute atomic E-state index is 0.647. The van der Waals surface area contributed by atoms with E-state index in [-0.39, 0.29) is 0 Å². The molecule has 0 amide bonds. The molecule has 0 nitrogen and oxygen atoms in total. The molecule has 0 fully saturated rings. The summed E-state index contributed by atoms with van der Waals surface area (Å²) in [7, 11) is 1.36. The second kappa shape index (κ2) is 5.06. The fourth-order valence-corrected chi connectivity index (χ4v) is 2.92. The van der Waals surface area contributed by atoms with Crippen molar-refractivity contribution in [2.24, 2.45) is 17.3 Å². The van der Waals surface area contributed by atoms with Gasteiger partial charge in [-0.15, -0.1) is 0 Å². The minimum atomic E-state index is 0.647. The molecular formula is C11H26Si. The summed E-state index contributed by atoms with van der Waals surface area (Å²) in [5.74, 6) is 1.73. The molecule has 0 radical (unpaired) electrons. The Balaban J connectivity index is 4.04. The Bertz CT molecular complexity index is 106. The van der Waals surface area contributed by atoms with E-state index in [1.54, 1.807) is 0 Å². The predicted octanol–water partition coefficient (Wildman–Crippen LogP) is 2.87. The first-order valence-electron chi connectivity index (χ1n) is 5.39. The third-order valence-corrected chi connectivity index (χ3v) is 4.36. The van der Waals surface area contributed by atoms with Crippen molar-refractivity contribution >= 4 is 10.2 Å². The van der Waals surface area contributed by atoms with Crippen LogP contribution in [0.4, 0.5) is 0 Å². The molecule has 0 aliphatic carbocycles. The smallest absolute Gasteiger partial charge is 0.00348 e. The largest absolute Gasteiger partial charge is 0.0628 e. The second-order valence-corrected chi connectivity index (χ2v) is 6.07. The number of hydrogen-bond donors (Lipinski definition) is 0. The molecule has 0 unspecified atom stereocenters. The lowest BCUT2D eigenvalue weighted by atomic mass is 9.77. The van der Waals surface area contributed by atoms with Gasteiger partial charge in [-0.3, -0.25) is 0 Å². The second-order valence-electron chi connectivity index (χ2n) is 5.36. The van der Waals surface area contributed by atoms with Gasteiger partial charge in [0.05, 0.1) is 0 Å². The molecule has 0 rings (SSSR count). The van der Waals surface area contributed by atoms with Gasteiger partial charge in [-0.2, -0.15) is 0 Å². The first kappa shape index (κ1) is 12.2. The molecule has 0 atom stereocenters. The highest BCUT2D eigenvalue weighted by Gasteiger charge is 2.23. The zero-order valence-electron chi connectivity index (χ0n) is 9.78. The van der Waals surface area contributed by atoms with Crippen LogP contribution in [-0.4, -0.2) is 10.2 Å². The summed E-state index contributed by atoms with van der Waals surface area (Å²) in [5, 5.41) is 0. The Morgan fingerprint density at radius 2 is 1.33 bits per heavy atom. The molecule has 0 aromatic carbocycles. The van der Waals surface area contributed by atoms with Gasteiger partial charge in [-0.05, 0) is 30.1 Å². The third-order valence-electron chi connectivity index (χ3n) is 2.66. The molecule has 0 aromatic heterocycles. The molecule has 0 aliphatic heterocycles. The van der Waals surface area contributed by atoms with Crippen molar-refractivity contribution in [1.82, 2.24) is 0 Å². The topological polar surface area (TPSA) is 0 Å². The Kier molecular flexibility index (Phi) is 5.15. The molecule has 0 aromatic rings. The van der Waals surface area contributed by atoms with E-state index in [9.17, 15) is 0 Å². The van der Waals surface area contributed by atoms with E-state index in [0.717, 1.165) is 11.8 Å². The van der Waals surface area contributed by atoms with Crippen LogP contribution in [0.5, 0.6) is 0 Å².